The summed E-state index contributed by atoms with van der Waals surface area (Å²) in [6.07, 6.45) is 1.77. The van der Waals surface area contributed by atoms with Crippen molar-refractivity contribution in [2.45, 2.75) is 26.7 Å². The molecule has 218 valence electrons. The smallest absolute Gasteiger partial charge is 0.239 e. The molecular weight excluding hydrogens is 554 g/mol. The molecule has 8 nitrogen and oxygen atoms in total. The Morgan fingerprint density at radius 3 is 2.20 bits per heavy atom. The fraction of sp³-hybridized carbons (Fsp3) is 0.111. The fourth-order valence-electron chi connectivity index (χ4n) is 5.13. The zero-order valence-electron chi connectivity index (χ0n) is 24.0. The molecule has 0 atom stereocenters. The van der Waals surface area contributed by atoms with Crippen LogP contribution in [0.2, 0.25) is 0 Å². The molecule has 0 radical (unpaired) electrons. The van der Waals surface area contributed by atoms with Gasteiger partial charge in [-0.1, -0.05) is 66.7 Å². The largest absolute Gasteiger partial charge is 0.487 e. The van der Waals surface area contributed by atoms with Gasteiger partial charge in [-0.05, 0) is 48.9 Å². The number of furan rings is 1. The second kappa shape index (κ2) is 11.9. The molecule has 0 spiro atoms. The van der Waals surface area contributed by atoms with Crippen LogP contribution in [0.25, 0.3) is 39.2 Å². The first-order valence-electron chi connectivity index (χ1n) is 14.3. The number of fused-ring (bicyclic) bond motifs is 1. The highest BCUT2D eigenvalue weighted by atomic mass is 16.5. The predicted octanol–water partition coefficient (Wildman–Crippen LogP) is 7.90. The van der Waals surface area contributed by atoms with Gasteiger partial charge in [-0.3, -0.25) is 0 Å². The van der Waals surface area contributed by atoms with Crippen molar-refractivity contribution < 1.29 is 23.4 Å². The molecule has 0 aliphatic carbocycles. The van der Waals surface area contributed by atoms with Crippen LogP contribution >= 0.6 is 0 Å². The summed E-state index contributed by atoms with van der Waals surface area (Å²) in [6.45, 7) is 2.06. The van der Waals surface area contributed by atoms with E-state index in [1.54, 1.807) is 10.9 Å². The maximum Gasteiger partial charge on any atom is 0.239 e. The number of aliphatic hydroxyl groups excluding tert-OH is 1. The van der Waals surface area contributed by atoms with E-state index in [0.717, 1.165) is 33.5 Å². The minimum absolute atomic E-state index is 0.119. The first kappa shape index (κ1) is 27.2. The maximum absolute atomic E-state index is 9.98. The van der Waals surface area contributed by atoms with Gasteiger partial charge in [0, 0.05) is 28.8 Å². The highest BCUT2D eigenvalue weighted by molar-refractivity contribution is 5.96. The Bertz CT molecular complexity index is 2010. The molecule has 0 aliphatic heterocycles. The molecule has 3 aromatic heterocycles. The van der Waals surface area contributed by atoms with E-state index in [1.807, 2.05) is 116 Å². The number of hydrogen-bond acceptors (Lipinski definition) is 7. The van der Waals surface area contributed by atoms with Crippen molar-refractivity contribution in [3.05, 3.63) is 138 Å². The number of aryl methyl sites for hydroxylation is 1. The van der Waals surface area contributed by atoms with E-state index in [1.165, 1.54) is 0 Å². The van der Waals surface area contributed by atoms with Crippen molar-refractivity contribution in [3.63, 3.8) is 0 Å². The molecule has 7 aromatic rings. The molecule has 0 unspecified atom stereocenters. The van der Waals surface area contributed by atoms with Gasteiger partial charge in [0.25, 0.3) is 0 Å². The lowest BCUT2D eigenvalue weighted by molar-refractivity contribution is 0.241. The molecule has 0 saturated heterocycles. The minimum Gasteiger partial charge on any atom is -0.487 e. The van der Waals surface area contributed by atoms with Crippen molar-refractivity contribution in [1.29, 1.82) is 0 Å². The molecule has 0 saturated carbocycles. The van der Waals surface area contributed by atoms with Crippen molar-refractivity contribution in [3.8, 4) is 39.9 Å². The third kappa shape index (κ3) is 5.46. The first-order chi connectivity index (χ1) is 21.7. The number of oxazole rings is 1. The Kier molecular flexibility index (Phi) is 7.40. The molecule has 0 amide bonds. The van der Waals surface area contributed by atoms with Crippen LogP contribution in [0, 0.1) is 6.92 Å². The number of ether oxygens (including phenoxy) is 2. The zero-order valence-corrected chi connectivity index (χ0v) is 24.0. The van der Waals surface area contributed by atoms with Crippen LogP contribution in [-0.2, 0) is 19.8 Å². The maximum atomic E-state index is 9.98. The van der Waals surface area contributed by atoms with Crippen molar-refractivity contribution in [2.24, 2.45) is 0 Å². The predicted molar refractivity (Wildman–Crippen MR) is 166 cm³/mol. The summed E-state index contributed by atoms with van der Waals surface area (Å²) in [6, 6.07) is 35.3. The van der Waals surface area contributed by atoms with Crippen LogP contribution in [0.5, 0.6) is 11.6 Å². The van der Waals surface area contributed by atoms with Crippen LogP contribution in [0.4, 0.5) is 0 Å². The quantitative estimate of drug-likeness (QED) is 0.175. The van der Waals surface area contributed by atoms with Crippen molar-refractivity contribution in [2.75, 3.05) is 0 Å². The van der Waals surface area contributed by atoms with Crippen LogP contribution in [-0.4, -0.2) is 19.9 Å². The SMILES string of the molecule is Cc1oc(-c2ccccc2)nc1COc1ccc2c(-c3ccccc3)c(COc3nn(-c4ccccc4)cc3CO)oc2c1. The van der Waals surface area contributed by atoms with E-state index in [0.29, 0.717) is 40.2 Å². The third-order valence-electron chi connectivity index (χ3n) is 7.37. The number of hydrogen-bond donors (Lipinski definition) is 1. The number of nitrogens with zero attached hydrogens (tertiary/aromatic N) is 3. The monoisotopic (exact) mass is 583 g/mol. The molecule has 44 heavy (non-hydrogen) atoms. The molecule has 1 N–H and O–H groups in total. The second-order valence-electron chi connectivity index (χ2n) is 10.3. The summed E-state index contributed by atoms with van der Waals surface area (Å²) in [5.74, 6) is 2.91. The molecular formula is C36H29N3O5. The Morgan fingerprint density at radius 1 is 0.773 bits per heavy atom. The van der Waals surface area contributed by atoms with Gasteiger partial charge in [0.2, 0.25) is 11.8 Å². The lowest BCUT2D eigenvalue weighted by Gasteiger charge is -2.06. The fourth-order valence-corrected chi connectivity index (χ4v) is 5.13. The number of benzene rings is 4. The third-order valence-corrected chi connectivity index (χ3v) is 7.37. The van der Waals surface area contributed by atoms with Crippen molar-refractivity contribution in [1.82, 2.24) is 14.8 Å². The van der Waals surface area contributed by atoms with Crippen LogP contribution < -0.4 is 9.47 Å². The molecule has 0 bridgehead atoms. The summed E-state index contributed by atoms with van der Waals surface area (Å²) in [7, 11) is 0. The number of para-hydroxylation sites is 1. The normalized spacial score (nSPS) is 11.2. The summed E-state index contributed by atoms with van der Waals surface area (Å²) in [5.41, 5.74) is 5.70. The molecule has 0 fully saturated rings. The van der Waals surface area contributed by atoms with E-state index >= 15 is 0 Å². The van der Waals surface area contributed by atoms with Gasteiger partial charge in [0.1, 0.15) is 36.0 Å². The van der Waals surface area contributed by atoms with Crippen LogP contribution in [0.15, 0.2) is 124 Å². The van der Waals surface area contributed by atoms with Gasteiger partial charge in [-0.25, -0.2) is 9.67 Å². The van der Waals surface area contributed by atoms with Gasteiger partial charge in [0.05, 0.1) is 17.9 Å². The van der Waals surface area contributed by atoms with Gasteiger partial charge < -0.3 is 23.4 Å². The molecule has 3 heterocycles. The second-order valence-corrected chi connectivity index (χ2v) is 10.3. The topological polar surface area (TPSA) is 95.7 Å². The summed E-state index contributed by atoms with van der Waals surface area (Å²) in [4.78, 5) is 4.65. The Labute approximate surface area is 253 Å². The van der Waals surface area contributed by atoms with Crippen LogP contribution in [0.1, 0.15) is 22.8 Å². The highest BCUT2D eigenvalue weighted by Gasteiger charge is 2.20. The molecule has 4 aromatic carbocycles. The van der Waals surface area contributed by atoms with E-state index in [2.05, 4.69) is 10.1 Å². The van der Waals surface area contributed by atoms with E-state index < -0.39 is 0 Å². The Balaban J connectivity index is 1.16. The Morgan fingerprint density at radius 2 is 1.48 bits per heavy atom. The molecule has 7 rings (SSSR count). The van der Waals surface area contributed by atoms with Gasteiger partial charge >= 0.3 is 0 Å². The van der Waals surface area contributed by atoms with E-state index in [-0.39, 0.29) is 19.8 Å². The summed E-state index contributed by atoms with van der Waals surface area (Å²) >= 11 is 0. The van der Waals surface area contributed by atoms with E-state index in [4.69, 9.17) is 18.3 Å². The van der Waals surface area contributed by atoms with Crippen LogP contribution in [0.3, 0.4) is 0 Å². The number of aromatic nitrogens is 3. The first-order valence-corrected chi connectivity index (χ1v) is 14.3. The minimum atomic E-state index is -0.202. The Hall–Kier alpha value is -5.60. The average Bonchev–Trinajstić information content (AvgIpc) is 3.78. The average molecular weight is 584 g/mol. The number of aliphatic hydroxyl groups is 1. The molecule has 8 heteroatoms. The lowest BCUT2D eigenvalue weighted by Crippen LogP contribution is -1.99. The van der Waals surface area contributed by atoms with Gasteiger partial charge in [-0.15, -0.1) is 5.10 Å². The zero-order chi connectivity index (χ0) is 29.9. The number of rotatable bonds is 10. The standard InChI is InChI=1S/C36H29N3O5/c1-24-31(37-35(43-24)26-13-7-3-8-14-26)22-41-29-17-18-30-32(19-29)44-33(34(30)25-11-5-2-6-12-25)23-42-36-27(21-40)20-39(38-36)28-15-9-4-10-16-28/h2-20,40H,21-23H2,1H3. The van der Waals surface area contributed by atoms with Crippen molar-refractivity contribution >= 4 is 11.0 Å². The molecule has 0 aliphatic rings. The van der Waals surface area contributed by atoms with E-state index in [9.17, 15) is 5.11 Å². The van der Waals surface area contributed by atoms with Gasteiger partial charge in [0.15, 0.2) is 5.76 Å². The summed E-state index contributed by atoms with van der Waals surface area (Å²) in [5, 5.41) is 15.5. The summed E-state index contributed by atoms with van der Waals surface area (Å²) < 4.78 is 26.3. The highest BCUT2D eigenvalue weighted by Crippen LogP contribution is 2.37. The lowest BCUT2D eigenvalue weighted by atomic mass is 10.0. The van der Waals surface area contributed by atoms with Gasteiger partial charge in [-0.2, -0.15) is 0 Å².